The van der Waals surface area contributed by atoms with Gasteiger partial charge in [-0.3, -0.25) is 0 Å². The number of nitrogens with zero attached hydrogens (tertiary/aromatic N) is 2. The van der Waals surface area contributed by atoms with Gasteiger partial charge in [0.1, 0.15) is 11.0 Å². The molecule has 1 rings (SSSR count). The quantitative estimate of drug-likeness (QED) is 0.770. The first-order valence-corrected chi connectivity index (χ1v) is 5.24. The molecule has 0 aliphatic rings. The summed E-state index contributed by atoms with van der Waals surface area (Å²) in [7, 11) is 0. The Bertz CT molecular complexity index is 372. The molecule has 0 radical (unpaired) electrons. The number of hydrogen-bond donors (Lipinski definition) is 0. The molecule has 1 aromatic rings. The van der Waals surface area contributed by atoms with Gasteiger partial charge in [-0.25, -0.2) is 13.8 Å². The second kappa shape index (κ2) is 5.39. The normalized spacial score (nSPS) is 11.2. The molecule has 0 saturated heterocycles. The van der Waals surface area contributed by atoms with Crippen LogP contribution in [-0.4, -0.2) is 23.0 Å². The van der Waals surface area contributed by atoms with Crippen molar-refractivity contribution in [1.29, 1.82) is 0 Å². The third-order valence-electron chi connectivity index (χ3n) is 1.92. The van der Waals surface area contributed by atoms with E-state index in [0.717, 1.165) is 0 Å². The molecule has 1 heterocycles. The van der Waals surface area contributed by atoms with Crippen molar-refractivity contribution in [3.05, 3.63) is 16.5 Å². The zero-order valence-corrected chi connectivity index (χ0v) is 10.1. The Kier molecular flexibility index (Phi) is 4.41. The van der Waals surface area contributed by atoms with Crippen LogP contribution in [0.25, 0.3) is 0 Å². The first-order valence-electron chi connectivity index (χ1n) is 4.86. The molecule has 16 heavy (non-hydrogen) atoms. The summed E-state index contributed by atoms with van der Waals surface area (Å²) in [5.41, 5.74) is 0.478. The fourth-order valence-corrected chi connectivity index (χ4v) is 1.19. The van der Waals surface area contributed by atoms with E-state index in [1.54, 1.807) is 6.92 Å². The molecule has 0 bridgehead atoms. The molecule has 0 aliphatic heterocycles. The van der Waals surface area contributed by atoms with Crippen molar-refractivity contribution >= 4 is 11.6 Å². The smallest absolute Gasteiger partial charge is 0.272 e. The standard InChI is InChI=1S/C10H13ClF2N2O/c1-5(2)9-14-8(11)6(3)10(15-9)16-4-7(12)13/h5,7H,4H2,1-3H3. The number of alkyl halides is 2. The van der Waals surface area contributed by atoms with Crippen LogP contribution in [0, 0.1) is 6.92 Å². The molecule has 0 unspecified atom stereocenters. The lowest BCUT2D eigenvalue weighted by Crippen LogP contribution is -2.11. The number of hydrogen-bond acceptors (Lipinski definition) is 3. The van der Waals surface area contributed by atoms with E-state index < -0.39 is 13.0 Å². The fraction of sp³-hybridized carbons (Fsp3) is 0.600. The zero-order chi connectivity index (χ0) is 12.3. The van der Waals surface area contributed by atoms with Crippen molar-refractivity contribution in [1.82, 2.24) is 9.97 Å². The Morgan fingerprint density at radius 3 is 2.44 bits per heavy atom. The topological polar surface area (TPSA) is 35.0 Å². The highest BCUT2D eigenvalue weighted by Gasteiger charge is 2.14. The van der Waals surface area contributed by atoms with E-state index in [1.807, 2.05) is 13.8 Å². The lowest BCUT2D eigenvalue weighted by molar-refractivity contribution is 0.0790. The Labute approximate surface area is 97.8 Å². The van der Waals surface area contributed by atoms with Crippen LogP contribution in [0.3, 0.4) is 0 Å². The van der Waals surface area contributed by atoms with Crippen LogP contribution in [0.2, 0.25) is 5.15 Å². The molecule has 6 heteroatoms. The summed E-state index contributed by atoms with van der Waals surface area (Å²) in [6.45, 7) is 4.72. The molecule has 0 atom stereocenters. The van der Waals surface area contributed by atoms with Gasteiger partial charge >= 0.3 is 0 Å². The molecule has 1 aromatic heterocycles. The molecule has 0 amide bonds. The third-order valence-corrected chi connectivity index (χ3v) is 2.29. The molecule has 0 N–H and O–H groups in total. The second-order valence-electron chi connectivity index (χ2n) is 3.66. The van der Waals surface area contributed by atoms with Crippen molar-refractivity contribution in [3.63, 3.8) is 0 Å². The Balaban J connectivity index is 2.97. The molecule has 0 saturated carbocycles. The highest BCUT2D eigenvalue weighted by atomic mass is 35.5. The summed E-state index contributed by atoms with van der Waals surface area (Å²) < 4.78 is 28.9. The van der Waals surface area contributed by atoms with Crippen LogP contribution < -0.4 is 4.74 Å². The van der Waals surface area contributed by atoms with Gasteiger partial charge in [0.2, 0.25) is 5.88 Å². The second-order valence-corrected chi connectivity index (χ2v) is 4.02. The SMILES string of the molecule is Cc1c(Cl)nc(C(C)C)nc1OCC(F)F. The van der Waals surface area contributed by atoms with E-state index in [0.29, 0.717) is 11.4 Å². The average Bonchev–Trinajstić information content (AvgIpc) is 2.19. The van der Waals surface area contributed by atoms with Crippen molar-refractivity contribution in [2.24, 2.45) is 0 Å². The number of halogens is 3. The predicted octanol–water partition coefficient (Wildman–Crippen LogP) is 3.21. The number of aromatic nitrogens is 2. The number of ether oxygens (including phenoxy) is 1. The van der Waals surface area contributed by atoms with E-state index in [1.165, 1.54) is 0 Å². The summed E-state index contributed by atoms with van der Waals surface area (Å²) >= 11 is 5.86. The third kappa shape index (κ3) is 3.27. The summed E-state index contributed by atoms with van der Waals surface area (Å²) in [5.74, 6) is 0.677. The van der Waals surface area contributed by atoms with Crippen molar-refractivity contribution in [2.45, 2.75) is 33.1 Å². The predicted molar refractivity (Wildman–Crippen MR) is 57.4 cm³/mol. The maximum Gasteiger partial charge on any atom is 0.272 e. The Morgan fingerprint density at radius 1 is 1.31 bits per heavy atom. The van der Waals surface area contributed by atoms with Crippen LogP contribution in [0.1, 0.15) is 31.2 Å². The number of rotatable bonds is 4. The van der Waals surface area contributed by atoms with E-state index in [2.05, 4.69) is 9.97 Å². The van der Waals surface area contributed by atoms with E-state index in [9.17, 15) is 8.78 Å². The minimum Gasteiger partial charge on any atom is -0.471 e. The van der Waals surface area contributed by atoms with Gasteiger partial charge < -0.3 is 4.74 Å². The van der Waals surface area contributed by atoms with E-state index in [-0.39, 0.29) is 17.0 Å². The minimum atomic E-state index is -2.53. The van der Waals surface area contributed by atoms with Gasteiger partial charge in [0.15, 0.2) is 6.61 Å². The van der Waals surface area contributed by atoms with E-state index in [4.69, 9.17) is 16.3 Å². The highest BCUT2D eigenvalue weighted by Crippen LogP contribution is 2.24. The van der Waals surface area contributed by atoms with Gasteiger partial charge in [-0.1, -0.05) is 25.4 Å². The zero-order valence-electron chi connectivity index (χ0n) is 9.30. The average molecular weight is 251 g/mol. The van der Waals surface area contributed by atoms with Crippen LogP contribution >= 0.6 is 11.6 Å². The van der Waals surface area contributed by atoms with Crippen molar-refractivity contribution in [3.8, 4) is 5.88 Å². The fourth-order valence-electron chi connectivity index (χ4n) is 1.03. The molecule has 0 spiro atoms. The van der Waals surface area contributed by atoms with Crippen LogP contribution in [-0.2, 0) is 0 Å². The minimum absolute atomic E-state index is 0.0620. The van der Waals surface area contributed by atoms with Gasteiger partial charge in [-0.05, 0) is 6.92 Å². The first kappa shape index (κ1) is 13.1. The maximum absolute atomic E-state index is 12.0. The summed E-state index contributed by atoms with van der Waals surface area (Å²) in [6, 6.07) is 0. The summed E-state index contributed by atoms with van der Waals surface area (Å²) in [5, 5.41) is 0.239. The maximum atomic E-state index is 12.0. The van der Waals surface area contributed by atoms with Crippen molar-refractivity contribution in [2.75, 3.05) is 6.61 Å². The van der Waals surface area contributed by atoms with Gasteiger partial charge in [-0.15, -0.1) is 0 Å². The molecular weight excluding hydrogens is 238 g/mol. The first-order chi connectivity index (χ1) is 7.41. The molecule has 0 aliphatic carbocycles. The highest BCUT2D eigenvalue weighted by molar-refractivity contribution is 6.30. The Morgan fingerprint density at radius 2 is 1.94 bits per heavy atom. The monoisotopic (exact) mass is 250 g/mol. The molecular formula is C10H13ClF2N2O. The Hall–Kier alpha value is -0.970. The van der Waals surface area contributed by atoms with Gasteiger partial charge in [0.25, 0.3) is 6.43 Å². The van der Waals surface area contributed by atoms with Crippen LogP contribution in [0.4, 0.5) is 8.78 Å². The van der Waals surface area contributed by atoms with Gasteiger partial charge in [0.05, 0.1) is 0 Å². The van der Waals surface area contributed by atoms with Crippen LogP contribution in [0.5, 0.6) is 5.88 Å². The summed E-state index contributed by atoms with van der Waals surface area (Å²) in [4.78, 5) is 8.10. The van der Waals surface area contributed by atoms with Crippen molar-refractivity contribution < 1.29 is 13.5 Å². The molecule has 3 nitrogen and oxygen atoms in total. The molecule has 90 valence electrons. The largest absolute Gasteiger partial charge is 0.471 e. The van der Waals surface area contributed by atoms with E-state index >= 15 is 0 Å². The molecule has 0 fully saturated rings. The molecule has 0 aromatic carbocycles. The summed E-state index contributed by atoms with van der Waals surface area (Å²) in [6.07, 6.45) is -2.53. The van der Waals surface area contributed by atoms with Crippen LogP contribution in [0.15, 0.2) is 0 Å². The lowest BCUT2D eigenvalue weighted by Gasteiger charge is -2.11. The van der Waals surface area contributed by atoms with Gasteiger partial charge in [0, 0.05) is 11.5 Å². The lowest BCUT2D eigenvalue weighted by atomic mass is 10.2. The van der Waals surface area contributed by atoms with Gasteiger partial charge in [-0.2, -0.15) is 4.98 Å².